The normalized spacial score (nSPS) is 15.2. The molecular formula is C11H11BrCl2O3S. The van der Waals surface area contributed by atoms with Gasteiger partial charge in [-0.15, -0.1) is 0 Å². The maximum Gasteiger partial charge on any atom is 0.195 e. The smallest absolute Gasteiger partial charge is 0.195 e. The molecule has 1 aromatic rings. The van der Waals surface area contributed by atoms with Crippen LogP contribution in [0, 0.1) is 0 Å². The molecule has 0 amide bonds. The van der Waals surface area contributed by atoms with Gasteiger partial charge in [0.05, 0.1) is 5.02 Å². The molecule has 1 atom stereocenters. The number of halogens is 3. The van der Waals surface area contributed by atoms with Crippen molar-refractivity contribution in [2.45, 2.75) is 17.5 Å². The van der Waals surface area contributed by atoms with Crippen molar-refractivity contribution >= 4 is 54.8 Å². The van der Waals surface area contributed by atoms with E-state index >= 15 is 0 Å². The fraction of sp³-hybridized carbons (Fsp3) is 0.364. The Balaban J connectivity index is 3.31. The van der Waals surface area contributed by atoms with Crippen molar-refractivity contribution in [3.63, 3.8) is 0 Å². The van der Waals surface area contributed by atoms with Gasteiger partial charge in [-0.1, -0.05) is 46.1 Å². The minimum absolute atomic E-state index is 0.123. The van der Waals surface area contributed by atoms with Gasteiger partial charge < -0.3 is 0 Å². The van der Waals surface area contributed by atoms with Crippen LogP contribution in [-0.4, -0.2) is 23.6 Å². The van der Waals surface area contributed by atoms with Gasteiger partial charge in [-0.3, -0.25) is 4.79 Å². The molecule has 1 rings (SSSR count). The molecule has 0 bridgehead atoms. The van der Waals surface area contributed by atoms with Gasteiger partial charge in [-0.25, -0.2) is 8.42 Å². The number of sulfone groups is 1. The molecular weight excluding hydrogens is 363 g/mol. The summed E-state index contributed by atoms with van der Waals surface area (Å²) in [5.41, 5.74) is 0.123. The first-order valence-electron chi connectivity index (χ1n) is 5.04. The van der Waals surface area contributed by atoms with Gasteiger partial charge >= 0.3 is 0 Å². The Morgan fingerprint density at radius 1 is 1.39 bits per heavy atom. The Kier molecular flexibility index (Phi) is 4.87. The molecule has 100 valence electrons. The topological polar surface area (TPSA) is 51.2 Å². The Morgan fingerprint density at radius 2 is 1.94 bits per heavy atom. The molecule has 0 aliphatic rings. The zero-order valence-electron chi connectivity index (χ0n) is 9.71. The second-order valence-electron chi connectivity index (χ2n) is 3.77. The lowest BCUT2D eigenvalue weighted by atomic mass is 10.1. The quantitative estimate of drug-likeness (QED) is 0.596. The summed E-state index contributed by atoms with van der Waals surface area (Å²) < 4.78 is 22.1. The van der Waals surface area contributed by atoms with E-state index in [1.165, 1.54) is 32.0 Å². The zero-order chi connectivity index (χ0) is 14.1. The van der Waals surface area contributed by atoms with Crippen LogP contribution in [-0.2, 0) is 9.84 Å². The van der Waals surface area contributed by atoms with Crippen molar-refractivity contribution in [3.8, 4) is 0 Å². The van der Waals surface area contributed by atoms with Gasteiger partial charge in [0.25, 0.3) is 0 Å². The Bertz CT molecular complexity index is 582. The molecule has 0 spiro atoms. The Morgan fingerprint density at radius 3 is 2.39 bits per heavy atom. The molecule has 0 aliphatic carbocycles. The molecule has 7 heteroatoms. The molecule has 18 heavy (non-hydrogen) atoms. The van der Waals surface area contributed by atoms with E-state index in [4.69, 9.17) is 23.2 Å². The number of Topliss-reactive ketones (excluding diaryl/α,β-unsaturated/α-hetero) is 1. The molecule has 0 fully saturated rings. The number of hydrogen-bond acceptors (Lipinski definition) is 3. The first kappa shape index (κ1) is 16.0. The highest BCUT2D eigenvalue weighted by Gasteiger charge is 2.43. The average molecular weight is 374 g/mol. The lowest BCUT2D eigenvalue weighted by molar-refractivity contribution is 0.0983. The molecule has 0 unspecified atom stereocenters. The predicted octanol–water partition coefficient (Wildman–Crippen LogP) is 3.72. The Hall–Kier alpha value is -0.100. The van der Waals surface area contributed by atoms with E-state index in [2.05, 4.69) is 15.9 Å². The fourth-order valence-corrected chi connectivity index (χ4v) is 3.66. The van der Waals surface area contributed by atoms with Crippen molar-refractivity contribution in [3.05, 3.63) is 33.8 Å². The van der Waals surface area contributed by atoms with Gasteiger partial charge in [-0.2, -0.15) is 0 Å². The zero-order valence-corrected chi connectivity index (χ0v) is 13.6. The molecule has 0 radical (unpaired) electrons. The number of alkyl halides is 1. The molecule has 0 N–H and O–H groups in total. The third-order valence-corrected chi connectivity index (χ3v) is 7.05. The number of benzene rings is 1. The standard InChI is InChI=1S/C11H11BrCl2O3S/c1-3-18(16,17)11(2,12)10(15)8-5-4-7(13)6-9(8)14/h4-6H,3H2,1-2H3/t11-/m1/s1. The molecule has 3 nitrogen and oxygen atoms in total. The number of carbonyl (C=O) groups excluding carboxylic acids is 1. The summed E-state index contributed by atoms with van der Waals surface area (Å²) >= 11 is 14.6. The summed E-state index contributed by atoms with van der Waals surface area (Å²) in [5, 5.41) is 0.510. The number of hydrogen-bond donors (Lipinski definition) is 0. The highest BCUT2D eigenvalue weighted by Crippen LogP contribution is 2.33. The summed E-state index contributed by atoms with van der Waals surface area (Å²) in [6, 6.07) is 4.30. The minimum atomic E-state index is -3.60. The summed E-state index contributed by atoms with van der Waals surface area (Å²) in [6.45, 7) is 2.78. The van der Waals surface area contributed by atoms with Crippen LogP contribution in [0.2, 0.25) is 10.0 Å². The maximum absolute atomic E-state index is 12.3. The number of rotatable bonds is 4. The Labute approximate surface area is 125 Å². The second-order valence-corrected chi connectivity index (χ2v) is 9.35. The molecule has 0 aromatic heterocycles. The third kappa shape index (κ3) is 2.90. The van der Waals surface area contributed by atoms with Crippen LogP contribution in [0.1, 0.15) is 24.2 Å². The van der Waals surface area contributed by atoms with Gasteiger partial charge in [0.15, 0.2) is 19.3 Å². The number of carbonyl (C=O) groups is 1. The largest absolute Gasteiger partial charge is 0.291 e. The highest BCUT2D eigenvalue weighted by molar-refractivity contribution is 9.12. The molecule has 0 aliphatic heterocycles. The third-order valence-electron chi connectivity index (χ3n) is 2.55. The van der Waals surface area contributed by atoms with E-state index < -0.39 is 19.3 Å². The summed E-state index contributed by atoms with van der Waals surface area (Å²) in [5.74, 6) is -0.753. The van der Waals surface area contributed by atoms with E-state index in [0.717, 1.165) is 0 Å². The minimum Gasteiger partial charge on any atom is -0.291 e. The van der Waals surface area contributed by atoms with Crippen molar-refractivity contribution < 1.29 is 13.2 Å². The lowest BCUT2D eigenvalue weighted by Crippen LogP contribution is -2.38. The summed E-state index contributed by atoms with van der Waals surface area (Å²) in [4.78, 5) is 12.3. The first-order chi connectivity index (χ1) is 8.13. The van der Waals surface area contributed by atoms with Crippen LogP contribution in [0.15, 0.2) is 18.2 Å². The first-order valence-corrected chi connectivity index (χ1v) is 8.24. The van der Waals surface area contributed by atoms with E-state index in [-0.39, 0.29) is 16.3 Å². The van der Waals surface area contributed by atoms with Crippen molar-refractivity contribution in [1.82, 2.24) is 0 Å². The van der Waals surface area contributed by atoms with E-state index in [1.54, 1.807) is 0 Å². The maximum atomic E-state index is 12.3. The molecule has 0 saturated carbocycles. The van der Waals surface area contributed by atoms with Crippen molar-refractivity contribution in [2.24, 2.45) is 0 Å². The SMILES string of the molecule is CCS(=O)(=O)[C@@](C)(Br)C(=O)c1ccc(Cl)cc1Cl. The van der Waals surface area contributed by atoms with Gasteiger partial charge in [0.2, 0.25) is 0 Å². The fourth-order valence-electron chi connectivity index (χ4n) is 1.33. The monoisotopic (exact) mass is 372 g/mol. The van der Waals surface area contributed by atoms with E-state index in [0.29, 0.717) is 5.02 Å². The molecule has 0 heterocycles. The summed E-state index contributed by atoms with van der Waals surface area (Å²) in [6.07, 6.45) is 0. The molecule has 0 saturated heterocycles. The van der Waals surface area contributed by atoms with E-state index in [1.807, 2.05) is 0 Å². The number of ketones is 1. The van der Waals surface area contributed by atoms with Crippen molar-refractivity contribution in [1.29, 1.82) is 0 Å². The summed E-state index contributed by atoms with van der Waals surface area (Å²) in [7, 11) is -3.60. The van der Waals surface area contributed by atoms with Crippen LogP contribution in [0.5, 0.6) is 0 Å². The van der Waals surface area contributed by atoms with Gasteiger partial charge in [-0.05, 0) is 25.1 Å². The van der Waals surface area contributed by atoms with E-state index in [9.17, 15) is 13.2 Å². The van der Waals surface area contributed by atoms with Crippen LogP contribution >= 0.6 is 39.1 Å². The predicted molar refractivity (Wildman–Crippen MR) is 77.6 cm³/mol. The van der Waals surface area contributed by atoms with Gasteiger partial charge in [0, 0.05) is 16.3 Å². The highest BCUT2D eigenvalue weighted by atomic mass is 79.9. The van der Waals surface area contributed by atoms with Crippen LogP contribution in [0.25, 0.3) is 0 Å². The van der Waals surface area contributed by atoms with Gasteiger partial charge in [0.1, 0.15) is 0 Å². The second kappa shape index (κ2) is 5.49. The van der Waals surface area contributed by atoms with Crippen LogP contribution in [0.3, 0.4) is 0 Å². The van der Waals surface area contributed by atoms with Crippen LogP contribution < -0.4 is 0 Å². The van der Waals surface area contributed by atoms with Crippen LogP contribution in [0.4, 0.5) is 0 Å². The molecule has 1 aromatic carbocycles. The van der Waals surface area contributed by atoms with Crippen molar-refractivity contribution in [2.75, 3.05) is 5.75 Å². The average Bonchev–Trinajstić information content (AvgIpc) is 2.28. The lowest BCUT2D eigenvalue weighted by Gasteiger charge is -2.21.